The maximum Gasteiger partial charge on any atom is 0.339 e. The van der Waals surface area contributed by atoms with Crippen LogP contribution in [0.3, 0.4) is 0 Å². The molecule has 2 N–H and O–H groups in total. The fourth-order valence-corrected chi connectivity index (χ4v) is 1.87. The van der Waals surface area contributed by atoms with E-state index in [-0.39, 0.29) is 23.7 Å². The summed E-state index contributed by atoms with van der Waals surface area (Å²) >= 11 is 0. The van der Waals surface area contributed by atoms with E-state index in [9.17, 15) is 15.0 Å². The molecule has 0 saturated carbocycles. The third kappa shape index (κ3) is 1.96. The van der Waals surface area contributed by atoms with E-state index in [2.05, 4.69) is 0 Å². The lowest BCUT2D eigenvalue weighted by atomic mass is 10.1. The van der Waals surface area contributed by atoms with Crippen molar-refractivity contribution in [2.75, 3.05) is 0 Å². The molecule has 1 aliphatic heterocycles. The number of rotatable bonds is 2. The van der Waals surface area contributed by atoms with Crippen LogP contribution < -0.4 is 5.63 Å². The largest absolute Gasteiger partial charge is 0.508 e. The zero-order chi connectivity index (χ0) is 12.7. The van der Waals surface area contributed by atoms with Gasteiger partial charge < -0.3 is 19.4 Å². The highest BCUT2D eigenvalue weighted by Gasteiger charge is 2.43. The van der Waals surface area contributed by atoms with Crippen molar-refractivity contribution in [2.24, 2.45) is 0 Å². The maximum absolute atomic E-state index is 11.1. The number of ether oxygens (including phenoxy) is 1. The molecule has 1 saturated heterocycles. The second kappa shape index (κ2) is 3.89. The molecule has 1 aliphatic rings. The standard InChI is InChI=1S/C13H10O5/c14-8-3-1-7(2-4-8)12-13(18-12)10-5-9(15)6-11(16)17-10/h1-6,12-15H. The molecule has 18 heavy (non-hydrogen) atoms. The van der Waals surface area contributed by atoms with Crippen molar-refractivity contribution in [1.29, 1.82) is 0 Å². The SMILES string of the molecule is O=c1cc(O)cc(C2OC2c2ccc(O)cc2)o1. The van der Waals surface area contributed by atoms with Gasteiger partial charge in [-0.15, -0.1) is 0 Å². The van der Waals surface area contributed by atoms with Gasteiger partial charge in [-0.25, -0.2) is 4.79 Å². The van der Waals surface area contributed by atoms with E-state index in [1.165, 1.54) is 6.07 Å². The number of phenolic OH excluding ortho intramolecular Hbond substituents is 1. The van der Waals surface area contributed by atoms with E-state index >= 15 is 0 Å². The molecule has 0 aliphatic carbocycles. The van der Waals surface area contributed by atoms with Crippen LogP contribution in [0.15, 0.2) is 45.6 Å². The molecule has 5 nitrogen and oxygen atoms in total. The van der Waals surface area contributed by atoms with Crippen molar-refractivity contribution >= 4 is 0 Å². The Hall–Kier alpha value is -2.27. The predicted octanol–water partition coefficient (Wildman–Crippen LogP) is 1.86. The van der Waals surface area contributed by atoms with Gasteiger partial charge in [0.2, 0.25) is 0 Å². The molecule has 0 amide bonds. The normalized spacial score (nSPS) is 21.8. The van der Waals surface area contributed by atoms with Crippen molar-refractivity contribution in [3.63, 3.8) is 0 Å². The summed E-state index contributed by atoms with van der Waals surface area (Å²) in [7, 11) is 0. The van der Waals surface area contributed by atoms with E-state index in [4.69, 9.17) is 9.15 Å². The average Bonchev–Trinajstić information content (AvgIpc) is 3.08. The van der Waals surface area contributed by atoms with Gasteiger partial charge in [-0.05, 0) is 17.7 Å². The molecule has 0 radical (unpaired) electrons. The first kappa shape index (κ1) is 10.9. The number of hydrogen-bond acceptors (Lipinski definition) is 5. The van der Waals surface area contributed by atoms with Crippen LogP contribution in [0.5, 0.6) is 11.5 Å². The first-order valence-electron chi connectivity index (χ1n) is 5.42. The second-order valence-electron chi connectivity index (χ2n) is 4.11. The Morgan fingerprint density at radius 2 is 1.67 bits per heavy atom. The van der Waals surface area contributed by atoms with Crippen LogP contribution in [0.4, 0.5) is 0 Å². The van der Waals surface area contributed by atoms with Gasteiger partial charge in [0.05, 0.1) is 6.07 Å². The quantitative estimate of drug-likeness (QED) is 0.790. The smallest absolute Gasteiger partial charge is 0.339 e. The average molecular weight is 246 g/mol. The summed E-state index contributed by atoms with van der Waals surface area (Å²) in [6, 6.07) is 8.97. The molecule has 0 spiro atoms. The van der Waals surface area contributed by atoms with Gasteiger partial charge in [-0.3, -0.25) is 0 Å². The Kier molecular flexibility index (Phi) is 2.34. The number of hydrogen-bond donors (Lipinski definition) is 2. The number of benzene rings is 1. The molecule has 5 heteroatoms. The molecule has 3 rings (SSSR count). The molecule has 2 unspecified atom stereocenters. The maximum atomic E-state index is 11.1. The van der Waals surface area contributed by atoms with Gasteiger partial charge in [-0.2, -0.15) is 0 Å². The Balaban J connectivity index is 1.85. The van der Waals surface area contributed by atoms with Crippen molar-refractivity contribution in [3.8, 4) is 11.5 Å². The molecule has 1 fully saturated rings. The van der Waals surface area contributed by atoms with Gasteiger partial charge in [0.25, 0.3) is 0 Å². The zero-order valence-electron chi connectivity index (χ0n) is 9.24. The lowest BCUT2D eigenvalue weighted by molar-refractivity contribution is 0.335. The number of aromatic hydroxyl groups is 2. The van der Waals surface area contributed by atoms with Crippen LogP contribution in [0, 0.1) is 0 Å². The highest BCUT2D eigenvalue weighted by atomic mass is 16.6. The highest BCUT2D eigenvalue weighted by Crippen LogP contribution is 2.51. The van der Waals surface area contributed by atoms with Crippen molar-refractivity contribution in [3.05, 3.63) is 58.1 Å². The van der Waals surface area contributed by atoms with Gasteiger partial charge >= 0.3 is 5.63 Å². The highest BCUT2D eigenvalue weighted by molar-refractivity contribution is 5.32. The molecule has 1 aromatic carbocycles. The Bertz CT molecular complexity index is 629. The molecule has 2 heterocycles. The molecule has 0 bridgehead atoms. The van der Waals surface area contributed by atoms with Crippen LogP contribution in [-0.2, 0) is 4.74 Å². The van der Waals surface area contributed by atoms with E-state index in [1.54, 1.807) is 24.3 Å². The Morgan fingerprint density at radius 1 is 0.944 bits per heavy atom. The molecule has 92 valence electrons. The fraction of sp³-hybridized carbons (Fsp3) is 0.154. The molecular formula is C13H10O5. The lowest BCUT2D eigenvalue weighted by Crippen LogP contribution is -1.98. The van der Waals surface area contributed by atoms with Gasteiger partial charge in [0.15, 0.2) is 0 Å². The summed E-state index contributed by atoms with van der Waals surface area (Å²) in [5.41, 5.74) is 0.272. The van der Waals surface area contributed by atoms with Crippen LogP contribution >= 0.6 is 0 Å². The van der Waals surface area contributed by atoms with E-state index in [0.29, 0.717) is 5.76 Å². The molecular weight excluding hydrogens is 236 g/mol. The number of phenols is 1. The fourth-order valence-electron chi connectivity index (χ4n) is 1.87. The number of epoxide rings is 1. The van der Waals surface area contributed by atoms with E-state index < -0.39 is 5.63 Å². The van der Waals surface area contributed by atoms with Crippen molar-refractivity contribution in [2.45, 2.75) is 12.2 Å². The third-order valence-electron chi connectivity index (χ3n) is 2.77. The molecule has 2 aromatic rings. The molecule has 2 atom stereocenters. The van der Waals surface area contributed by atoms with Gasteiger partial charge in [0.1, 0.15) is 29.5 Å². The minimum atomic E-state index is -0.607. The summed E-state index contributed by atoms with van der Waals surface area (Å²) in [4.78, 5) is 11.1. The third-order valence-corrected chi connectivity index (χ3v) is 2.77. The second-order valence-corrected chi connectivity index (χ2v) is 4.11. The van der Waals surface area contributed by atoms with E-state index in [0.717, 1.165) is 11.6 Å². The topological polar surface area (TPSA) is 83.2 Å². The van der Waals surface area contributed by atoms with Crippen molar-refractivity contribution in [1.82, 2.24) is 0 Å². The van der Waals surface area contributed by atoms with Crippen LogP contribution in [0.1, 0.15) is 23.5 Å². The first-order valence-corrected chi connectivity index (χ1v) is 5.42. The monoisotopic (exact) mass is 246 g/mol. The van der Waals surface area contributed by atoms with Crippen LogP contribution in [0.25, 0.3) is 0 Å². The van der Waals surface area contributed by atoms with Crippen LogP contribution in [0.2, 0.25) is 0 Å². The summed E-state index contributed by atoms with van der Waals surface area (Å²) in [6.07, 6.45) is -0.579. The van der Waals surface area contributed by atoms with Gasteiger partial charge in [0, 0.05) is 6.07 Å². The van der Waals surface area contributed by atoms with Crippen molar-refractivity contribution < 1.29 is 19.4 Å². The van der Waals surface area contributed by atoms with Gasteiger partial charge in [-0.1, -0.05) is 12.1 Å². The minimum Gasteiger partial charge on any atom is -0.508 e. The van der Waals surface area contributed by atoms with Crippen LogP contribution in [-0.4, -0.2) is 10.2 Å². The lowest BCUT2D eigenvalue weighted by Gasteiger charge is -1.97. The van der Waals surface area contributed by atoms with E-state index in [1.807, 2.05) is 0 Å². The summed E-state index contributed by atoms with van der Waals surface area (Å²) in [5.74, 6) is 0.346. The first-order chi connectivity index (χ1) is 8.63. The Morgan fingerprint density at radius 3 is 2.33 bits per heavy atom. The zero-order valence-corrected chi connectivity index (χ0v) is 9.24. The Labute approximate surface area is 102 Å². The molecule has 1 aromatic heterocycles. The summed E-state index contributed by atoms with van der Waals surface area (Å²) in [6.45, 7) is 0. The minimum absolute atomic E-state index is 0.138. The predicted molar refractivity (Wildman–Crippen MR) is 61.3 cm³/mol. The summed E-state index contributed by atoms with van der Waals surface area (Å²) in [5, 5.41) is 18.5. The summed E-state index contributed by atoms with van der Waals surface area (Å²) < 4.78 is 10.4.